The highest BCUT2D eigenvalue weighted by atomic mass is 16.5. The van der Waals surface area contributed by atoms with E-state index in [-0.39, 0.29) is 18.8 Å². The third-order valence-electron chi connectivity index (χ3n) is 1.54. The largest absolute Gasteiger partial charge is 0.481 e. The number of hydrogen-bond donors (Lipinski definition) is 1. The van der Waals surface area contributed by atoms with Crippen molar-refractivity contribution in [2.45, 2.75) is 20.3 Å². The number of ether oxygens (including phenoxy) is 1. The van der Waals surface area contributed by atoms with E-state index in [4.69, 9.17) is 5.11 Å². The minimum atomic E-state index is -1.43. The van der Waals surface area contributed by atoms with Crippen LogP contribution in [0.15, 0.2) is 0 Å². The summed E-state index contributed by atoms with van der Waals surface area (Å²) in [6, 6.07) is 0. The van der Waals surface area contributed by atoms with Gasteiger partial charge in [-0.2, -0.15) is 0 Å². The van der Waals surface area contributed by atoms with Crippen molar-refractivity contribution in [3.63, 3.8) is 0 Å². The van der Waals surface area contributed by atoms with E-state index in [9.17, 15) is 14.4 Å². The van der Waals surface area contributed by atoms with E-state index in [1.807, 2.05) is 0 Å². The van der Waals surface area contributed by atoms with Gasteiger partial charge < -0.3 is 9.84 Å². The van der Waals surface area contributed by atoms with Crippen LogP contribution in [-0.2, 0) is 19.1 Å². The van der Waals surface area contributed by atoms with Crippen LogP contribution in [0.1, 0.15) is 20.3 Å². The molecule has 0 aliphatic heterocycles. The first kappa shape index (κ1) is 13.2. The monoisotopic (exact) mass is 212 g/mol. The molecule has 0 aromatic heterocycles. The second-order valence-corrected chi connectivity index (χ2v) is 2.83. The van der Waals surface area contributed by atoms with E-state index >= 15 is 0 Å². The Morgan fingerprint density at radius 1 is 1.40 bits per heavy atom. The first-order valence-corrected chi connectivity index (χ1v) is 4.27. The van der Waals surface area contributed by atoms with E-state index in [1.54, 1.807) is 6.92 Å². The zero-order chi connectivity index (χ0) is 11.8. The quantitative estimate of drug-likeness (QED) is 0.401. The van der Waals surface area contributed by atoms with Crippen molar-refractivity contribution in [1.29, 1.82) is 0 Å². The smallest absolute Gasteiger partial charge is 0.321 e. The average Bonchev–Trinajstić information content (AvgIpc) is 2.13. The van der Waals surface area contributed by atoms with Gasteiger partial charge in [-0.25, -0.2) is 0 Å². The molecule has 0 heterocycles. The number of aliphatic carboxylic acids is 1. The molecule has 0 aliphatic rings. The lowest BCUT2D eigenvalue weighted by Crippen LogP contribution is -2.27. The van der Waals surface area contributed by atoms with Gasteiger partial charge in [-0.05, 0) is 13.8 Å². The zero-order valence-corrected chi connectivity index (χ0v) is 8.57. The number of esters is 1. The lowest BCUT2D eigenvalue weighted by atomic mass is 10.0. The fourth-order valence-electron chi connectivity index (χ4n) is 0.839. The number of ketones is 1. The van der Waals surface area contributed by atoms with Crippen LogP contribution < -0.4 is 0 Å². The molecule has 0 aliphatic carbocycles. The van der Waals surface area contributed by atoms with Crippen LogP contribution >= 0.6 is 0 Å². The molecule has 5 heteroatoms. The standard InChI is InChI=1S/C10H12O5/c1-3-4-5-15-10(14)8(9(12)13)6-7(2)11/h8H,5-6H2,1-2H3,(H,12,13). The number of Topliss-reactive ketones (excluding diaryl/α,β-unsaturated/α-hetero) is 1. The highest BCUT2D eigenvalue weighted by Gasteiger charge is 2.28. The van der Waals surface area contributed by atoms with Crippen molar-refractivity contribution in [2.75, 3.05) is 6.61 Å². The van der Waals surface area contributed by atoms with Crippen LogP contribution in [0.5, 0.6) is 0 Å². The van der Waals surface area contributed by atoms with Crippen LogP contribution in [0.2, 0.25) is 0 Å². The number of hydrogen-bond acceptors (Lipinski definition) is 4. The Morgan fingerprint density at radius 2 is 2.00 bits per heavy atom. The summed E-state index contributed by atoms with van der Waals surface area (Å²) in [6.45, 7) is 2.63. The van der Waals surface area contributed by atoms with Crippen LogP contribution in [0.25, 0.3) is 0 Å². The van der Waals surface area contributed by atoms with Crippen LogP contribution in [-0.4, -0.2) is 29.4 Å². The summed E-state index contributed by atoms with van der Waals surface area (Å²) in [7, 11) is 0. The molecule has 0 radical (unpaired) electrons. The molecule has 0 saturated carbocycles. The van der Waals surface area contributed by atoms with E-state index in [2.05, 4.69) is 16.6 Å². The molecule has 0 rings (SSSR count). The summed E-state index contributed by atoms with van der Waals surface area (Å²) in [5, 5.41) is 8.66. The van der Waals surface area contributed by atoms with Crippen molar-refractivity contribution in [1.82, 2.24) is 0 Å². The van der Waals surface area contributed by atoms with Gasteiger partial charge in [0.1, 0.15) is 5.78 Å². The first-order chi connectivity index (χ1) is 6.99. The molecule has 15 heavy (non-hydrogen) atoms. The molecule has 5 nitrogen and oxygen atoms in total. The summed E-state index contributed by atoms with van der Waals surface area (Å²) >= 11 is 0. The molecule has 0 aromatic carbocycles. The lowest BCUT2D eigenvalue weighted by Gasteiger charge is -2.08. The Hall–Kier alpha value is -1.83. The van der Waals surface area contributed by atoms with Gasteiger partial charge in [0, 0.05) is 6.42 Å². The molecule has 0 amide bonds. The normalized spacial score (nSPS) is 10.8. The van der Waals surface area contributed by atoms with Crippen molar-refractivity contribution in [3.05, 3.63) is 0 Å². The molecule has 1 N–H and O–H groups in total. The fraction of sp³-hybridized carbons (Fsp3) is 0.500. The Morgan fingerprint density at radius 3 is 2.40 bits per heavy atom. The van der Waals surface area contributed by atoms with Gasteiger partial charge in [0.05, 0.1) is 0 Å². The Kier molecular flexibility index (Phi) is 5.79. The van der Waals surface area contributed by atoms with E-state index in [0.717, 1.165) is 0 Å². The minimum absolute atomic E-state index is 0.156. The molecule has 1 unspecified atom stereocenters. The summed E-state index contributed by atoms with van der Waals surface area (Å²) in [5.74, 6) is 0.851. The Bertz CT molecular complexity index is 320. The van der Waals surface area contributed by atoms with Gasteiger partial charge in [0.15, 0.2) is 12.5 Å². The maximum Gasteiger partial charge on any atom is 0.321 e. The molecule has 82 valence electrons. The topological polar surface area (TPSA) is 80.7 Å². The third-order valence-corrected chi connectivity index (χ3v) is 1.54. The number of carboxylic acid groups (broad SMARTS) is 1. The predicted octanol–water partition coefficient (Wildman–Crippen LogP) is 0.233. The van der Waals surface area contributed by atoms with Crippen LogP contribution in [0.3, 0.4) is 0 Å². The van der Waals surface area contributed by atoms with Crippen molar-refractivity contribution < 1.29 is 24.2 Å². The highest BCUT2D eigenvalue weighted by molar-refractivity contribution is 5.98. The van der Waals surface area contributed by atoms with Crippen molar-refractivity contribution in [3.8, 4) is 11.8 Å². The van der Waals surface area contributed by atoms with Gasteiger partial charge in [-0.1, -0.05) is 5.92 Å². The SMILES string of the molecule is CC#CCOC(=O)C(CC(C)=O)C(=O)O. The maximum absolute atomic E-state index is 11.2. The second-order valence-electron chi connectivity index (χ2n) is 2.83. The summed E-state index contributed by atoms with van der Waals surface area (Å²) in [6.07, 6.45) is -0.353. The summed E-state index contributed by atoms with van der Waals surface area (Å²) < 4.78 is 4.56. The fourth-order valence-corrected chi connectivity index (χ4v) is 0.839. The molecule has 0 aromatic rings. The number of carboxylic acids is 1. The lowest BCUT2D eigenvalue weighted by molar-refractivity contribution is -0.159. The Balaban J connectivity index is 4.33. The number of carbonyl (C=O) groups excluding carboxylic acids is 2. The van der Waals surface area contributed by atoms with Gasteiger partial charge in [0.2, 0.25) is 0 Å². The van der Waals surface area contributed by atoms with Crippen molar-refractivity contribution in [2.24, 2.45) is 5.92 Å². The molecule has 0 fully saturated rings. The van der Waals surface area contributed by atoms with Gasteiger partial charge in [-0.3, -0.25) is 14.4 Å². The van der Waals surface area contributed by atoms with Crippen LogP contribution in [0.4, 0.5) is 0 Å². The Labute approximate surface area is 87.4 Å². The minimum Gasteiger partial charge on any atom is -0.481 e. The first-order valence-electron chi connectivity index (χ1n) is 4.27. The zero-order valence-electron chi connectivity index (χ0n) is 8.57. The summed E-state index contributed by atoms with van der Waals surface area (Å²) in [4.78, 5) is 32.5. The molecular weight excluding hydrogens is 200 g/mol. The molecule has 1 atom stereocenters. The third kappa shape index (κ3) is 5.47. The predicted molar refractivity (Wildman–Crippen MR) is 50.8 cm³/mol. The van der Waals surface area contributed by atoms with Gasteiger partial charge in [0.25, 0.3) is 0 Å². The van der Waals surface area contributed by atoms with Gasteiger partial charge in [-0.15, -0.1) is 5.92 Å². The molecule has 0 saturated heterocycles. The van der Waals surface area contributed by atoms with Gasteiger partial charge >= 0.3 is 11.9 Å². The van der Waals surface area contributed by atoms with Crippen molar-refractivity contribution >= 4 is 17.7 Å². The summed E-state index contributed by atoms with van der Waals surface area (Å²) in [5.41, 5.74) is 0. The van der Waals surface area contributed by atoms with Crippen LogP contribution in [0, 0.1) is 17.8 Å². The van der Waals surface area contributed by atoms with E-state index in [0.29, 0.717) is 0 Å². The van der Waals surface area contributed by atoms with E-state index in [1.165, 1.54) is 6.92 Å². The molecule has 0 spiro atoms. The van der Waals surface area contributed by atoms with E-state index < -0.39 is 17.9 Å². The average molecular weight is 212 g/mol. The number of rotatable bonds is 5. The maximum atomic E-state index is 11.2. The highest BCUT2D eigenvalue weighted by Crippen LogP contribution is 2.06. The second kappa shape index (κ2) is 6.60. The molecular formula is C10H12O5. The number of carbonyl (C=O) groups is 3. The molecule has 0 bridgehead atoms.